The number of rotatable bonds is 9. The predicted molar refractivity (Wildman–Crippen MR) is 79.2 cm³/mol. The van der Waals surface area contributed by atoms with Crippen LogP contribution in [0.4, 0.5) is 0 Å². The van der Waals surface area contributed by atoms with Crippen molar-refractivity contribution in [3.05, 3.63) is 35.4 Å². The van der Waals surface area contributed by atoms with Crippen LogP contribution in [-0.4, -0.2) is 24.8 Å². The van der Waals surface area contributed by atoms with Crippen molar-refractivity contribution in [1.82, 2.24) is 5.32 Å². The summed E-state index contributed by atoms with van der Waals surface area (Å²) in [7, 11) is 0. The highest BCUT2D eigenvalue weighted by molar-refractivity contribution is 5.29. The average molecular weight is 262 g/mol. The summed E-state index contributed by atoms with van der Waals surface area (Å²) >= 11 is 0. The van der Waals surface area contributed by atoms with E-state index >= 15 is 0 Å². The van der Waals surface area contributed by atoms with Crippen molar-refractivity contribution >= 4 is 0 Å². The molecule has 1 aliphatic carbocycles. The Morgan fingerprint density at radius 1 is 1.16 bits per heavy atom. The Hall–Kier alpha value is -0.900. The van der Waals surface area contributed by atoms with Crippen LogP contribution >= 0.6 is 0 Å². The quantitative estimate of drug-likeness (QED) is 0.599. The molecule has 1 unspecified atom stereocenters. The number of nitrogens with two attached hydrogens (primary N) is 1. The lowest BCUT2D eigenvalue weighted by atomic mass is 10.0. The Kier molecular flexibility index (Phi) is 5.83. The van der Waals surface area contributed by atoms with Gasteiger partial charge in [0.2, 0.25) is 0 Å². The van der Waals surface area contributed by atoms with Gasteiger partial charge in [-0.05, 0) is 55.7 Å². The second kappa shape index (κ2) is 7.63. The lowest BCUT2D eigenvalue weighted by molar-refractivity contribution is 0.282. The van der Waals surface area contributed by atoms with Crippen LogP contribution in [0.15, 0.2) is 24.3 Å². The van der Waals surface area contributed by atoms with Gasteiger partial charge in [0.05, 0.1) is 0 Å². The van der Waals surface area contributed by atoms with E-state index in [9.17, 15) is 0 Å². The van der Waals surface area contributed by atoms with E-state index in [1.807, 2.05) is 0 Å². The smallest absolute Gasteiger partial charge is 0.0444 e. The summed E-state index contributed by atoms with van der Waals surface area (Å²) in [5.74, 6) is 0.816. The molecule has 19 heavy (non-hydrogen) atoms. The van der Waals surface area contributed by atoms with E-state index in [1.54, 1.807) is 0 Å². The summed E-state index contributed by atoms with van der Waals surface area (Å²) in [6.45, 7) is 1.89. The molecule has 1 aliphatic rings. The maximum Gasteiger partial charge on any atom is 0.0444 e. The maximum atomic E-state index is 8.73. The summed E-state index contributed by atoms with van der Waals surface area (Å²) in [5, 5.41) is 12.2. The Balaban J connectivity index is 1.79. The molecule has 0 spiro atoms. The van der Waals surface area contributed by atoms with Gasteiger partial charge in [-0.25, -0.2) is 0 Å². The van der Waals surface area contributed by atoms with E-state index in [0.29, 0.717) is 13.2 Å². The number of nitrogens with one attached hydrogen (secondary N) is 1. The number of unbranched alkanes of at least 4 members (excludes halogenated alkanes) is 2. The molecule has 0 saturated heterocycles. The van der Waals surface area contributed by atoms with E-state index in [1.165, 1.54) is 24.0 Å². The van der Waals surface area contributed by atoms with Gasteiger partial charge in [0, 0.05) is 19.2 Å². The third kappa shape index (κ3) is 4.60. The molecule has 1 saturated carbocycles. The molecule has 3 nitrogen and oxygen atoms in total. The van der Waals surface area contributed by atoms with Crippen LogP contribution in [0.2, 0.25) is 0 Å². The third-order valence-electron chi connectivity index (χ3n) is 3.85. The second-order valence-corrected chi connectivity index (χ2v) is 5.47. The standard InChI is InChI=1S/C16H26N2O/c17-12-16(18-10-2-1-3-11-19)15-8-6-14(7-9-15)13-4-5-13/h6-9,13,16,18-19H,1-5,10-12,17H2. The molecule has 0 radical (unpaired) electrons. The highest BCUT2D eigenvalue weighted by Crippen LogP contribution is 2.40. The van der Waals surface area contributed by atoms with Crippen LogP contribution in [0, 0.1) is 0 Å². The first-order chi connectivity index (χ1) is 9.35. The molecule has 1 fully saturated rings. The van der Waals surface area contributed by atoms with Crippen LogP contribution in [0.1, 0.15) is 55.2 Å². The molecule has 3 heteroatoms. The molecule has 0 aromatic heterocycles. The Morgan fingerprint density at radius 3 is 2.47 bits per heavy atom. The molecule has 1 aromatic carbocycles. The summed E-state index contributed by atoms with van der Waals surface area (Å²) in [4.78, 5) is 0. The Labute approximate surface area is 116 Å². The van der Waals surface area contributed by atoms with Crippen LogP contribution in [0.3, 0.4) is 0 Å². The minimum Gasteiger partial charge on any atom is -0.396 e. The normalized spacial score (nSPS) is 16.5. The maximum absolute atomic E-state index is 8.73. The zero-order chi connectivity index (χ0) is 13.5. The van der Waals surface area contributed by atoms with Crippen molar-refractivity contribution in [3.63, 3.8) is 0 Å². The van der Waals surface area contributed by atoms with Gasteiger partial charge in [0.25, 0.3) is 0 Å². The predicted octanol–water partition coefficient (Wildman–Crippen LogP) is 2.32. The fraction of sp³-hybridized carbons (Fsp3) is 0.625. The van der Waals surface area contributed by atoms with Crippen molar-refractivity contribution in [2.24, 2.45) is 5.73 Å². The lowest BCUT2D eigenvalue weighted by Crippen LogP contribution is -2.29. The minimum absolute atomic E-state index is 0.252. The van der Waals surface area contributed by atoms with Crippen LogP contribution in [-0.2, 0) is 0 Å². The Morgan fingerprint density at radius 2 is 1.89 bits per heavy atom. The number of benzene rings is 1. The minimum atomic E-state index is 0.252. The first-order valence-electron chi connectivity index (χ1n) is 7.49. The SMILES string of the molecule is NCC(NCCCCCO)c1ccc(C2CC2)cc1. The molecule has 0 amide bonds. The molecule has 1 atom stereocenters. The molecule has 0 bridgehead atoms. The topological polar surface area (TPSA) is 58.3 Å². The summed E-state index contributed by atoms with van der Waals surface area (Å²) < 4.78 is 0. The molecule has 2 rings (SSSR count). The summed E-state index contributed by atoms with van der Waals surface area (Å²) in [6.07, 6.45) is 5.76. The lowest BCUT2D eigenvalue weighted by Gasteiger charge is -2.17. The van der Waals surface area contributed by atoms with E-state index < -0.39 is 0 Å². The second-order valence-electron chi connectivity index (χ2n) is 5.47. The van der Waals surface area contributed by atoms with Crippen molar-refractivity contribution in [1.29, 1.82) is 0 Å². The monoisotopic (exact) mass is 262 g/mol. The molecular formula is C16H26N2O. The van der Waals surface area contributed by atoms with Gasteiger partial charge in [0.15, 0.2) is 0 Å². The number of aliphatic hydroxyl groups is 1. The van der Waals surface area contributed by atoms with Gasteiger partial charge in [-0.1, -0.05) is 24.3 Å². The molecule has 106 valence electrons. The molecule has 4 N–H and O–H groups in total. The van der Waals surface area contributed by atoms with Gasteiger partial charge in [-0.2, -0.15) is 0 Å². The number of hydrogen-bond acceptors (Lipinski definition) is 3. The Bertz CT molecular complexity index is 360. The van der Waals surface area contributed by atoms with Gasteiger partial charge in [-0.3, -0.25) is 0 Å². The number of aliphatic hydroxyl groups excluding tert-OH is 1. The van der Waals surface area contributed by atoms with Crippen LogP contribution in [0.5, 0.6) is 0 Å². The average Bonchev–Trinajstić information content (AvgIpc) is 3.28. The van der Waals surface area contributed by atoms with Crippen molar-refractivity contribution in [2.45, 2.75) is 44.1 Å². The fourth-order valence-electron chi connectivity index (χ4n) is 2.44. The van der Waals surface area contributed by atoms with E-state index in [-0.39, 0.29) is 6.04 Å². The van der Waals surface area contributed by atoms with E-state index in [0.717, 1.165) is 31.7 Å². The first kappa shape index (κ1) is 14.5. The third-order valence-corrected chi connectivity index (χ3v) is 3.85. The van der Waals surface area contributed by atoms with Gasteiger partial charge >= 0.3 is 0 Å². The largest absolute Gasteiger partial charge is 0.396 e. The van der Waals surface area contributed by atoms with Crippen molar-refractivity contribution in [3.8, 4) is 0 Å². The van der Waals surface area contributed by atoms with Crippen LogP contribution in [0.25, 0.3) is 0 Å². The number of hydrogen-bond donors (Lipinski definition) is 3. The summed E-state index contributed by atoms with van der Waals surface area (Å²) in [5.41, 5.74) is 8.61. The van der Waals surface area contributed by atoms with Crippen LogP contribution < -0.4 is 11.1 Å². The van der Waals surface area contributed by atoms with E-state index in [4.69, 9.17) is 10.8 Å². The first-order valence-corrected chi connectivity index (χ1v) is 7.49. The molecular weight excluding hydrogens is 236 g/mol. The van der Waals surface area contributed by atoms with Gasteiger partial charge in [0.1, 0.15) is 0 Å². The summed E-state index contributed by atoms with van der Waals surface area (Å²) in [6, 6.07) is 9.19. The fourth-order valence-corrected chi connectivity index (χ4v) is 2.44. The highest BCUT2D eigenvalue weighted by Gasteiger charge is 2.23. The van der Waals surface area contributed by atoms with E-state index in [2.05, 4.69) is 29.6 Å². The zero-order valence-corrected chi connectivity index (χ0v) is 11.6. The zero-order valence-electron chi connectivity index (χ0n) is 11.6. The molecule has 0 aliphatic heterocycles. The van der Waals surface area contributed by atoms with Gasteiger partial charge < -0.3 is 16.2 Å². The highest BCUT2D eigenvalue weighted by atomic mass is 16.2. The van der Waals surface area contributed by atoms with Crippen molar-refractivity contribution in [2.75, 3.05) is 19.7 Å². The molecule has 0 heterocycles. The van der Waals surface area contributed by atoms with Gasteiger partial charge in [-0.15, -0.1) is 0 Å². The van der Waals surface area contributed by atoms with Crippen molar-refractivity contribution < 1.29 is 5.11 Å². The molecule has 1 aromatic rings.